The van der Waals surface area contributed by atoms with Gasteiger partial charge in [0.2, 0.25) is 0 Å². The largest absolute Gasteiger partial charge is 0.493 e. The van der Waals surface area contributed by atoms with Crippen LogP contribution < -0.4 is 9.26 Å². The second kappa shape index (κ2) is 22.5. The van der Waals surface area contributed by atoms with Gasteiger partial charge in [0.05, 0.1) is 38.1 Å². The van der Waals surface area contributed by atoms with Crippen LogP contribution in [0.3, 0.4) is 0 Å². The van der Waals surface area contributed by atoms with Gasteiger partial charge in [-0.3, -0.25) is 9.05 Å². The van der Waals surface area contributed by atoms with Crippen molar-refractivity contribution in [1.29, 1.82) is 0 Å². The molecule has 1 aromatic carbocycles. The minimum absolute atomic E-state index is 0.0843. The maximum absolute atomic E-state index is 7.15. The molecule has 0 saturated heterocycles. The van der Waals surface area contributed by atoms with Gasteiger partial charge in [0, 0.05) is 5.56 Å². The Balaban J connectivity index is 1.44. The van der Waals surface area contributed by atoms with Gasteiger partial charge in [-0.25, -0.2) is 0 Å². The van der Waals surface area contributed by atoms with E-state index in [-0.39, 0.29) is 31.0 Å². The second-order valence-corrected chi connectivity index (χ2v) is 22.8. The van der Waals surface area contributed by atoms with E-state index in [0.29, 0.717) is 82.5 Å². The molecule has 328 valence electrons. The van der Waals surface area contributed by atoms with Crippen molar-refractivity contribution in [3.05, 3.63) is 23.8 Å². The molecule has 9 heteroatoms. The minimum Gasteiger partial charge on any atom is -0.493 e. The summed E-state index contributed by atoms with van der Waals surface area (Å²) in [6.45, 7) is 28.5. The fourth-order valence-corrected chi connectivity index (χ4v) is 13.4. The Morgan fingerprint density at radius 1 is 0.509 bits per heavy atom. The molecular formula is C48H84O7P2. The zero-order valence-electron chi connectivity index (χ0n) is 38.4. The van der Waals surface area contributed by atoms with Crippen LogP contribution in [0.5, 0.6) is 11.5 Å². The summed E-state index contributed by atoms with van der Waals surface area (Å²) < 4.78 is 48.5. The summed E-state index contributed by atoms with van der Waals surface area (Å²) in [7, 11) is -1.66. The molecule has 4 fully saturated rings. The second-order valence-electron chi connectivity index (χ2n) is 20.6. The van der Waals surface area contributed by atoms with Gasteiger partial charge in [0.1, 0.15) is 0 Å². The molecule has 4 aliphatic rings. The van der Waals surface area contributed by atoms with Crippen LogP contribution in [0.1, 0.15) is 166 Å². The molecular weight excluding hydrogens is 750 g/mol. The van der Waals surface area contributed by atoms with Crippen molar-refractivity contribution in [3.8, 4) is 11.5 Å². The third-order valence-corrected chi connectivity index (χ3v) is 16.9. The van der Waals surface area contributed by atoms with Crippen LogP contribution in [-0.4, -0.2) is 31.5 Å². The van der Waals surface area contributed by atoms with Crippen molar-refractivity contribution in [2.75, 3.05) is 7.11 Å². The Morgan fingerprint density at radius 2 is 0.860 bits per heavy atom. The van der Waals surface area contributed by atoms with Crippen molar-refractivity contribution in [2.24, 2.45) is 71.0 Å². The Bertz CT molecular complexity index is 1260. The van der Waals surface area contributed by atoms with Crippen LogP contribution in [0.25, 0.3) is 0 Å². The van der Waals surface area contributed by atoms with E-state index in [4.69, 9.17) is 31.9 Å². The summed E-state index contributed by atoms with van der Waals surface area (Å²) in [6, 6.07) is 6.11. The Hall–Kier alpha value is -0.520. The molecule has 4 saturated carbocycles. The molecule has 5 rings (SSSR count). The summed E-state index contributed by atoms with van der Waals surface area (Å²) in [5, 5.41) is 0. The number of benzene rings is 1. The maximum Gasteiger partial charge on any atom is 0.397 e. The fourth-order valence-electron chi connectivity index (χ4n) is 10.7. The zero-order chi connectivity index (χ0) is 41.4. The van der Waals surface area contributed by atoms with Crippen molar-refractivity contribution < 1.29 is 31.9 Å². The van der Waals surface area contributed by atoms with Crippen LogP contribution in [-0.2, 0) is 29.2 Å². The SMILES string of the molecule is COc1cccc(COP(O[C@@H]2C[C@H](C)CC[C@H]2C(C)C)O[C@@H]2C[C@H](C)CC[C@H]2C(C)C)c1OP(OC1C[C@H](C)CC[C@H]1C(C)C)O[C@@H]1C[C@H](C)CC[C@H]1C(C)C. The molecule has 13 atom stereocenters. The molecule has 0 amide bonds. The highest BCUT2D eigenvalue weighted by molar-refractivity contribution is 7.42. The molecule has 0 N–H and O–H groups in total. The van der Waals surface area contributed by atoms with E-state index >= 15 is 0 Å². The van der Waals surface area contributed by atoms with E-state index < -0.39 is 17.2 Å². The lowest BCUT2D eigenvalue weighted by molar-refractivity contribution is -0.0134. The number of para-hydroxylation sites is 1. The number of rotatable bonds is 18. The molecule has 1 aromatic rings. The summed E-state index contributed by atoms with van der Waals surface area (Å²) in [5.74, 6) is 7.85. The number of hydrogen-bond acceptors (Lipinski definition) is 7. The predicted octanol–water partition coefficient (Wildman–Crippen LogP) is 15.0. The summed E-state index contributed by atoms with van der Waals surface area (Å²) >= 11 is 0. The average Bonchev–Trinajstić information content (AvgIpc) is 3.13. The molecule has 7 nitrogen and oxygen atoms in total. The van der Waals surface area contributed by atoms with Gasteiger partial charge in [0.25, 0.3) is 0 Å². The summed E-state index contributed by atoms with van der Waals surface area (Å²) in [5.41, 5.74) is 0.901. The van der Waals surface area contributed by atoms with Crippen LogP contribution in [0.2, 0.25) is 0 Å². The quantitative estimate of drug-likeness (QED) is 0.136. The third kappa shape index (κ3) is 13.5. The van der Waals surface area contributed by atoms with Crippen molar-refractivity contribution in [2.45, 2.75) is 191 Å². The molecule has 0 heterocycles. The predicted molar refractivity (Wildman–Crippen MR) is 237 cm³/mol. The third-order valence-electron chi connectivity index (χ3n) is 14.5. The van der Waals surface area contributed by atoms with Crippen LogP contribution in [0.4, 0.5) is 0 Å². The number of ether oxygens (including phenoxy) is 1. The Morgan fingerprint density at radius 3 is 1.19 bits per heavy atom. The lowest BCUT2D eigenvalue weighted by Crippen LogP contribution is -2.36. The lowest BCUT2D eigenvalue weighted by Gasteiger charge is -2.41. The summed E-state index contributed by atoms with van der Waals surface area (Å²) in [4.78, 5) is 0. The van der Waals surface area contributed by atoms with E-state index in [0.717, 1.165) is 31.2 Å². The van der Waals surface area contributed by atoms with Crippen molar-refractivity contribution >= 4 is 17.2 Å². The number of hydrogen-bond donors (Lipinski definition) is 0. The first-order valence-electron chi connectivity index (χ1n) is 23.4. The van der Waals surface area contributed by atoms with Gasteiger partial charge in [-0.05, 0) is 128 Å². The highest BCUT2D eigenvalue weighted by Gasteiger charge is 2.41. The standard InChI is InChI=1S/C48H84O7P2/c1-30(2)39-21-17-34(9)25-44(39)51-56(52-45-26-35(10)18-22-40(45)31(3)4)50-29-38-15-14-16-43(49-13)48(38)55-57(53-46-27-36(11)19-23-41(46)32(5)6)54-47-28-37(12)20-24-42(47)33(7)8/h14-16,30-37,39-42,44-47H,17-29H2,1-13H3/t34-,35-,36-,37-,39+,40+,41+,42+,44-,45-,46-,47?,57?/m1/s1. The molecule has 0 aliphatic heterocycles. The first-order valence-corrected chi connectivity index (χ1v) is 25.6. The van der Waals surface area contributed by atoms with Gasteiger partial charge >= 0.3 is 17.2 Å². The molecule has 57 heavy (non-hydrogen) atoms. The van der Waals surface area contributed by atoms with Gasteiger partial charge in [-0.15, -0.1) is 0 Å². The molecule has 0 spiro atoms. The van der Waals surface area contributed by atoms with Gasteiger partial charge in [0.15, 0.2) is 11.5 Å². The van der Waals surface area contributed by atoms with Crippen LogP contribution >= 0.6 is 17.2 Å². The van der Waals surface area contributed by atoms with E-state index in [1.165, 1.54) is 51.4 Å². The molecule has 2 unspecified atom stereocenters. The smallest absolute Gasteiger partial charge is 0.397 e. The monoisotopic (exact) mass is 835 g/mol. The topological polar surface area (TPSA) is 64.6 Å². The highest BCUT2D eigenvalue weighted by atomic mass is 31.2. The summed E-state index contributed by atoms with van der Waals surface area (Å²) in [6.07, 6.45) is 14.3. The number of methoxy groups -OCH3 is 1. The van der Waals surface area contributed by atoms with E-state index in [1.54, 1.807) is 7.11 Å². The Labute approximate surface area is 352 Å². The van der Waals surface area contributed by atoms with E-state index in [1.807, 2.05) is 12.1 Å². The average molecular weight is 835 g/mol. The van der Waals surface area contributed by atoms with E-state index in [9.17, 15) is 0 Å². The van der Waals surface area contributed by atoms with Crippen LogP contribution in [0, 0.1) is 71.0 Å². The maximum atomic E-state index is 7.15. The molecule has 0 aromatic heterocycles. The highest BCUT2D eigenvalue weighted by Crippen LogP contribution is 2.55. The van der Waals surface area contributed by atoms with Crippen molar-refractivity contribution in [3.63, 3.8) is 0 Å². The van der Waals surface area contributed by atoms with Gasteiger partial charge in [-0.2, -0.15) is 0 Å². The molecule has 0 bridgehead atoms. The first kappa shape index (κ1) is 47.5. The zero-order valence-corrected chi connectivity index (χ0v) is 40.2. The molecule has 4 aliphatic carbocycles. The van der Waals surface area contributed by atoms with E-state index in [2.05, 4.69) is 89.2 Å². The van der Waals surface area contributed by atoms with Gasteiger partial charge < -0.3 is 22.8 Å². The van der Waals surface area contributed by atoms with Gasteiger partial charge in [-0.1, -0.05) is 121 Å². The normalized spacial score (nSPS) is 34.7. The first-order chi connectivity index (χ1) is 27.1. The lowest BCUT2D eigenvalue weighted by atomic mass is 9.75. The van der Waals surface area contributed by atoms with Crippen molar-refractivity contribution in [1.82, 2.24) is 0 Å². The minimum atomic E-state index is -1.75. The van der Waals surface area contributed by atoms with Crippen LogP contribution in [0.15, 0.2) is 18.2 Å². The fraction of sp³-hybridized carbons (Fsp3) is 0.875. The Kier molecular flexibility index (Phi) is 18.8. The molecule has 0 radical (unpaired) electrons.